The van der Waals surface area contributed by atoms with Crippen molar-refractivity contribution >= 4 is 17.5 Å². The highest BCUT2D eigenvalue weighted by Gasteiger charge is 2.15. The average Bonchev–Trinajstić information content (AvgIpc) is 2.70. The quantitative estimate of drug-likeness (QED) is 0.625. The maximum atomic E-state index is 12.1. The van der Waals surface area contributed by atoms with Crippen LogP contribution < -0.4 is 15.4 Å². The lowest BCUT2D eigenvalue weighted by Gasteiger charge is -2.18. The molecular formula is C21H24N2O4. The van der Waals surface area contributed by atoms with Gasteiger partial charge in [0.2, 0.25) is 11.8 Å². The van der Waals surface area contributed by atoms with E-state index in [0.29, 0.717) is 32.3 Å². The molecule has 142 valence electrons. The fourth-order valence-electron chi connectivity index (χ4n) is 3.06. The Labute approximate surface area is 158 Å². The van der Waals surface area contributed by atoms with Crippen molar-refractivity contribution < 1.29 is 19.4 Å². The summed E-state index contributed by atoms with van der Waals surface area (Å²) in [4.78, 5) is 23.5. The molecule has 0 fully saturated rings. The predicted octanol–water partition coefficient (Wildman–Crippen LogP) is 2.58. The maximum Gasteiger partial charge on any atom is 0.224 e. The SMILES string of the molecule is O=C1CCc2cc(OCCCC(=O)NC(CO)c3ccccc3)ccc2N1. The first-order chi connectivity index (χ1) is 13.2. The molecule has 0 saturated carbocycles. The fourth-order valence-corrected chi connectivity index (χ4v) is 3.06. The minimum Gasteiger partial charge on any atom is -0.494 e. The Morgan fingerprint density at radius 2 is 2.00 bits per heavy atom. The molecule has 3 N–H and O–H groups in total. The van der Waals surface area contributed by atoms with Crippen molar-refractivity contribution in [3.8, 4) is 5.75 Å². The monoisotopic (exact) mass is 368 g/mol. The van der Waals surface area contributed by atoms with E-state index in [2.05, 4.69) is 10.6 Å². The van der Waals surface area contributed by atoms with Crippen molar-refractivity contribution in [2.45, 2.75) is 31.7 Å². The van der Waals surface area contributed by atoms with Gasteiger partial charge in [-0.1, -0.05) is 30.3 Å². The smallest absolute Gasteiger partial charge is 0.224 e. The number of hydrogen-bond donors (Lipinski definition) is 3. The zero-order valence-corrected chi connectivity index (χ0v) is 15.1. The second-order valence-electron chi connectivity index (χ2n) is 6.53. The summed E-state index contributed by atoms with van der Waals surface area (Å²) in [6.45, 7) is 0.283. The molecule has 2 aromatic carbocycles. The highest BCUT2D eigenvalue weighted by Crippen LogP contribution is 2.26. The van der Waals surface area contributed by atoms with E-state index in [1.54, 1.807) is 0 Å². The molecular weight excluding hydrogens is 344 g/mol. The topological polar surface area (TPSA) is 87.7 Å². The Kier molecular flexibility index (Phi) is 6.44. The van der Waals surface area contributed by atoms with E-state index in [1.807, 2.05) is 48.5 Å². The van der Waals surface area contributed by atoms with Crippen LogP contribution in [0.3, 0.4) is 0 Å². The number of carbonyl (C=O) groups excluding carboxylic acids is 2. The molecule has 6 heteroatoms. The molecule has 0 saturated heterocycles. The number of aliphatic hydroxyl groups excluding tert-OH is 1. The first-order valence-corrected chi connectivity index (χ1v) is 9.16. The summed E-state index contributed by atoms with van der Waals surface area (Å²) in [5.74, 6) is 0.663. The highest BCUT2D eigenvalue weighted by molar-refractivity contribution is 5.94. The van der Waals surface area contributed by atoms with Gasteiger partial charge in [-0.3, -0.25) is 9.59 Å². The van der Waals surface area contributed by atoms with Crippen LogP contribution in [0.4, 0.5) is 5.69 Å². The Hall–Kier alpha value is -2.86. The number of benzene rings is 2. The first kappa shape index (κ1) is 18.9. The van der Waals surface area contributed by atoms with Crippen molar-refractivity contribution in [3.05, 3.63) is 59.7 Å². The molecule has 3 rings (SSSR count). The molecule has 2 aromatic rings. The average molecular weight is 368 g/mol. The van der Waals surface area contributed by atoms with Crippen LogP contribution in [0.1, 0.15) is 36.4 Å². The molecule has 0 aliphatic carbocycles. The second-order valence-corrected chi connectivity index (χ2v) is 6.53. The third-order valence-corrected chi connectivity index (χ3v) is 4.51. The van der Waals surface area contributed by atoms with E-state index in [1.165, 1.54) is 0 Å². The number of aliphatic hydroxyl groups is 1. The van der Waals surface area contributed by atoms with Gasteiger partial charge >= 0.3 is 0 Å². The predicted molar refractivity (Wildman–Crippen MR) is 103 cm³/mol. The first-order valence-electron chi connectivity index (χ1n) is 9.16. The van der Waals surface area contributed by atoms with E-state index in [-0.39, 0.29) is 18.4 Å². The summed E-state index contributed by atoms with van der Waals surface area (Å²) in [5.41, 5.74) is 2.79. The van der Waals surface area contributed by atoms with Crippen LogP contribution in [0, 0.1) is 0 Å². The van der Waals surface area contributed by atoms with E-state index < -0.39 is 6.04 Å². The number of anilines is 1. The molecule has 0 spiro atoms. The molecule has 1 heterocycles. The standard InChI is InChI=1S/C21H24N2O4/c24-14-19(15-5-2-1-3-6-15)23-20(25)7-4-12-27-17-9-10-18-16(13-17)8-11-21(26)22-18/h1-3,5-6,9-10,13,19,24H,4,7-8,11-12,14H2,(H,22,26)(H,23,25). The van der Waals surface area contributed by atoms with Crippen molar-refractivity contribution in [2.75, 3.05) is 18.5 Å². The molecule has 1 unspecified atom stereocenters. The third-order valence-electron chi connectivity index (χ3n) is 4.51. The lowest BCUT2D eigenvalue weighted by atomic mass is 10.0. The van der Waals surface area contributed by atoms with Gasteiger partial charge in [-0.15, -0.1) is 0 Å². The largest absolute Gasteiger partial charge is 0.494 e. The Morgan fingerprint density at radius 1 is 1.19 bits per heavy atom. The van der Waals surface area contributed by atoms with Crippen molar-refractivity contribution in [3.63, 3.8) is 0 Å². The Morgan fingerprint density at radius 3 is 2.78 bits per heavy atom. The van der Waals surface area contributed by atoms with E-state index in [4.69, 9.17) is 4.74 Å². The molecule has 1 aliphatic heterocycles. The number of aryl methyl sites for hydroxylation is 1. The number of carbonyl (C=O) groups is 2. The fraction of sp³-hybridized carbons (Fsp3) is 0.333. The van der Waals surface area contributed by atoms with Gasteiger partial charge in [0.15, 0.2) is 0 Å². The van der Waals surface area contributed by atoms with E-state index in [9.17, 15) is 14.7 Å². The van der Waals surface area contributed by atoms with Crippen LogP contribution >= 0.6 is 0 Å². The third kappa shape index (κ3) is 5.31. The zero-order valence-electron chi connectivity index (χ0n) is 15.1. The van der Waals surface area contributed by atoms with Crippen molar-refractivity contribution in [1.82, 2.24) is 5.32 Å². The van der Waals surface area contributed by atoms with Gasteiger partial charge in [0.25, 0.3) is 0 Å². The summed E-state index contributed by atoms with van der Waals surface area (Å²) in [6.07, 6.45) is 2.10. The molecule has 6 nitrogen and oxygen atoms in total. The van der Waals surface area contributed by atoms with Crippen molar-refractivity contribution in [1.29, 1.82) is 0 Å². The molecule has 0 aromatic heterocycles. The minimum absolute atomic E-state index is 0.0406. The van der Waals surface area contributed by atoms with Gasteiger partial charge in [-0.2, -0.15) is 0 Å². The molecule has 1 atom stereocenters. The summed E-state index contributed by atoms with van der Waals surface area (Å²) in [5, 5.41) is 15.2. The van der Waals surface area contributed by atoms with Gasteiger partial charge in [-0.25, -0.2) is 0 Å². The number of rotatable bonds is 8. The van der Waals surface area contributed by atoms with Gasteiger partial charge in [-0.05, 0) is 42.2 Å². The second kappa shape index (κ2) is 9.19. The summed E-state index contributed by atoms with van der Waals surface area (Å²) in [7, 11) is 0. The van der Waals surface area contributed by atoms with Crippen LogP contribution in [0.2, 0.25) is 0 Å². The van der Waals surface area contributed by atoms with Crippen LogP contribution in [0.15, 0.2) is 48.5 Å². The Balaban J connectivity index is 1.42. The maximum absolute atomic E-state index is 12.1. The van der Waals surface area contributed by atoms with Gasteiger partial charge in [0.1, 0.15) is 5.75 Å². The van der Waals surface area contributed by atoms with Crippen LogP contribution in [-0.2, 0) is 16.0 Å². The normalized spacial score (nSPS) is 14.0. The van der Waals surface area contributed by atoms with Gasteiger partial charge in [0, 0.05) is 18.5 Å². The molecule has 0 radical (unpaired) electrons. The summed E-state index contributed by atoms with van der Waals surface area (Å²) in [6, 6.07) is 14.6. The van der Waals surface area contributed by atoms with Gasteiger partial charge < -0.3 is 20.5 Å². The number of amides is 2. The number of ether oxygens (including phenoxy) is 1. The van der Waals surface area contributed by atoms with Crippen LogP contribution in [0.25, 0.3) is 0 Å². The highest BCUT2D eigenvalue weighted by atomic mass is 16.5. The number of hydrogen-bond acceptors (Lipinski definition) is 4. The Bertz CT molecular complexity index is 792. The summed E-state index contributed by atoms with van der Waals surface area (Å²) >= 11 is 0. The number of nitrogens with one attached hydrogen (secondary N) is 2. The van der Waals surface area contributed by atoms with Crippen molar-refractivity contribution in [2.24, 2.45) is 0 Å². The van der Waals surface area contributed by atoms with Gasteiger partial charge in [0.05, 0.1) is 19.3 Å². The number of fused-ring (bicyclic) bond motifs is 1. The lowest BCUT2D eigenvalue weighted by Crippen LogP contribution is -2.30. The molecule has 2 amide bonds. The molecule has 1 aliphatic rings. The van der Waals surface area contributed by atoms with Crippen LogP contribution in [-0.4, -0.2) is 30.1 Å². The van der Waals surface area contributed by atoms with Crippen LogP contribution in [0.5, 0.6) is 5.75 Å². The van der Waals surface area contributed by atoms with E-state index in [0.717, 1.165) is 22.6 Å². The van der Waals surface area contributed by atoms with E-state index >= 15 is 0 Å². The lowest BCUT2D eigenvalue weighted by molar-refractivity contribution is -0.122. The molecule has 0 bridgehead atoms. The summed E-state index contributed by atoms with van der Waals surface area (Å²) < 4.78 is 5.72. The minimum atomic E-state index is -0.393. The molecule has 27 heavy (non-hydrogen) atoms. The zero-order chi connectivity index (χ0) is 19.1.